The maximum atomic E-state index is 12.3. The lowest BCUT2D eigenvalue weighted by atomic mass is 10.3. The number of halogens is 3. The van der Waals surface area contributed by atoms with Gasteiger partial charge < -0.3 is 14.6 Å². The number of aromatic nitrogens is 3. The number of nitrogens with zero attached hydrogens (tertiary/aromatic N) is 3. The van der Waals surface area contributed by atoms with Gasteiger partial charge in [-0.3, -0.25) is 4.79 Å². The molecule has 0 radical (unpaired) electrons. The van der Waals surface area contributed by atoms with E-state index in [9.17, 15) is 4.79 Å². The summed E-state index contributed by atoms with van der Waals surface area (Å²) in [5.41, 5.74) is 0.650. The molecule has 3 rings (SSSR count). The molecule has 0 aliphatic rings. The van der Waals surface area contributed by atoms with Crippen LogP contribution in [0, 0.1) is 0 Å². The second-order valence-electron chi connectivity index (χ2n) is 6.67. The molecule has 1 N–H and O–H groups in total. The van der Waals surface area contributed by atoms with Gasteiger partial charge >= 0.3 is 0 Å². The van der Waals surface area contributed by atoms with Crippen molar-refractivity contribution in [3.05, 3.63) is 76.0 Å². The molecule has 0 fully saturated rings. The first-order valence-corrected chi connectivity index (χ1v) is 11.9. The molecular formula is C22H21Cl3N4O2S. The standard InChI is InChI=1S/C22H21Cl3N4O2S/c1-2-10-29-20(7-4-11-31-19-9-8-16(24)13-18(19)25)27-28-22(29)32-14-21(30)26-17-6-3-5-15(23)12-17/h2-3,5-6,8-9,12-13H,1,4,7,10-11,14H2,(H,26,30). The van der Waals surface area contributed by atoms with E-state index < -0.39 is 0 Å². The fraction of sp³-hybridized carbons (Fsp3) is 0.227. The SMILES string of the molecule is C=CCn1c(CCCOc2ccc(Cl)cc2Cl)nnc1SCC(=O)Nc1cccc(Cl)c1. The van der Waals surface area contributed by atoms with E-state index >= 15 is 0 Å². The monoisotopic (exact) mass is 510 g/mol. The highest BCUT2D eigenvalue weighted by atomic mass is 35.5. The molecule has 2 aromatic carbocycles. The van der Waals surface area contributed by atoms with Crippen molar-refractivity contribution in [3.8, 4) is 5.75 Å². The number of hydrogen-bond acceptors (Lipinski definition) is 5. The van der Waals surface area contributed by atoms with Crippen molar-refractivity contribution < 1.29 is 9.53 Å². The number of carbonyl (C=O) groups excluding carboxylic acids is 1. The first kappa shape index (κ1) is 24.5. The lowest BCUT2D eigenvalue weighted by Crippen LogP contribution is -2.14. The molecule has 0 spiro atoms. The molecule has 0 aliphatic carbocycles. The molecule has 10 heteroatoms. The molecule has 0 aliphatic heterocycles. The van der Waals surface area contributed by atoms with E-state index in [0.717, 1.165) is 5.82 Å². The maximum absolute atomic E-state index is 12.3. The number of allylic oxidation sites excluding steroid dienone is 1. The molecule has 6 nitrogen and oxygen atoms in total. The predicted octanol–water partition coefficient (Wildman–Crippen LogP) is 6.17. The van der Waals surface area contributed by atoms with Gasteiger partial charge in [-0.15, -0.1) is 16.8 Å². The lowest BCUT2D eigenvalue weighted by molar-refractivity contribution is -0.113. The first-order chi connectivity index (χ1) is 15.5. The summed E-state index contributed by atoms with van der Waals surface area (Å²) < 4.78 is 7.67. The summed E-state index contributed by atoms with van der Waals surface area (Å²) in [5, 5.41) is 13.6. The second-order valence-corrected chi connectivity index (χ2v) is 8.89. The number of aryl methyl sites for hydroxylation is 1. The van der Waals surface area contributed by atoms with Crippen molar-refractivity contribution in [2.24, 2.45) is 0 Å². The third kappa shape index (κ3) is 7.17. The van der Waals surface area contributed by atoms with E-state index in [1.54, 1.807) is 48.5 Å². The average Bonchev–Trinajstić information content (AvgIpc) is 3.13. The zero-order valence-corrected chi connectivity index (χ0v) is 20.1. The molecule has 3 aromatic rings. The van der Waals surface area contributed by atoms with Crippen LogP contribution >= 0.6 is 46.6 Å². The van der Waals surface area contributed by atoms with Gasteiger partial charge in [0.25, 0.3) is 0 Å². The minimum Gasteiger partial charge on any atom is -0.492 e. The molecule has 1 heterocycles. The number of amides is 1. The van der Waals surface area contributed by atoms with E-state index in [1.165, 1.54) is 11.8 Å². The second kappa shape index (κ2) is 12.2. The quantitative estimate of drug-likeness (QED) is 0.189. The van der Waals surface area contributed by atoms with E-state index in [0.29, 0.717) is 57.7 Å². The Kier molecular flexibility index (Phi) is 9.29. The Bertz CT molecular complexity index is 1090. The van der Waals surface area contributed by atoms with Crippen LogP contribution in [0.1, 0.15) is 12.2 Å². The zero-order valence-electron chi connectivity index (χ0n) is 17.1. The van der Waals surface area contributed by atoms with Crippen LogP contribution < -0.4 is 10.1 Å². The van der Waals surface area contributed by atoms with Gasteiger partial charge in [0.05, 0.1) is 17.4 Å². The number of rotatable bonds is 11. The van der Waals surface area contributed by atoms with Crippen molar-refractivity contribution in [3.63, 3.8) is 0 Å². The Morgan fingerprint density at radius 2 is 1.97 bits per heavy atom. The summed E-state index contributed by atoms with van der Waals surface area (Å²) in [6.07, 6.45) is 3.14. The number of ether oxygens (including phenoxy) is 1. The van der Waals surface area contributed by atoms with Gasteiger partial charge in [0.1, 0.15) is 11.6 Å². The molecule has 0 atom stereocenters. The number of nitrogens with one attached hydrogen (secondary N) is 1. The number of carbonyl (C=O) groups is 1. The summed E-state index contributed by atoms with van der Waals surface area (Å²) in [7, 11) is 0. The summed E-state index contributed by atoms with van der Waals surface area (Å²) in [4.78, 5) is 12.3. The predicted molar refractivity (Wildman–Crippen MR) is 131 cm³/mol. The lowest BCUT2D eigenvalue weighted by Gasteiger charge is -2.10. The van der Waals surface area contributed by atoms with Crippen molar-refractivity contribution in [2.45, 2.75) is 24.5 Å². The Balaban J connectivity index is 1.52. The molecule has 1 amide bonds. The highest BCUT2D eigenvalue weighted by Crippen LogP contribution is 2.27. The van der Waals surface area contributed by atoms with Gasteiger partial charge in [-0.1, -0.05) is 58.7 Å². The van der Waals surface area contributed by atoms with Crippen molar-refractivity contribution in [2.75, 3.05) is 17.7 Å². The fourth-order valence-electron chi connectivity index (χ4n) is 2.82. The zero-order chi connectivity index (χ0) is 22.9. The van der Waals surface area contributed by atoms with E-state index in [2.05, 4.69) is 22.1 Å². The minimum atomic E-state index is -0.153. The first-order valence-electron chi connectivity index (χ1n) is 9.75. The summed E-state index contributed by atoms with van der Waals surface area (Å²) in [5.74, 6) is 1.43. The van der Waals surface area contributed by atoms with Crippen LogP contribution in [-0.4, -0.2) is 33.0 Å². The smallest absolute Gasteiger partial charge is 0.234 e. The van der Waals surface area contributed by atoms with Crippen molar-refractivity contribution >= 4 is 58.2 Å². The Morgan fingerprint density at radius 3 is 2.72 bits per heavy atom. The molecular weight excluding hydrogens is 491 g/mol. The van der Waals surface area contributed by atoms with Crippen LogP contribution in [0.3, 0.4) is 0 Å². The Morgan fingerprint density at radius 1 is 1.16 bits per heavy atom. The Labute approximate surface area is 205 Å². The van der Waals surface area contributed by atoms with Gasteiger partial charge in [-0.05, 0) is 42.8 Å². The molecule has 1 aromatic heterocycles. The Hall–Kier alpha value is -2.19. The van der Waals surface area contributed by atoms with Gasteiger partial charge in [0.2, 0.25) is 5.91 Å². The van der Waals surface area contributed by atoms with Gasteiger partial charge in [-0.25, -0.2) is 0 Å². The molecule has 0 unspecified atom stereocenters. The van der Waals surface area contributed by atoms with E-state index in [-0.39, 0.29) is 11.7 Å². The maximum Gasteiger partial charge on any atom is 0.234 e. The molecule has 32 heavy (non-hydrogen) atoms. The van der Waals surface area contributed by atoms with Crippen LogP contribution in [-0.2, 0) is 17.8 Å². The van der Waals surface area contributed by atoms with Crippen molar-refractivity contribution in [1.29, 1.82) is 0 Å². The van der Waals surface area contributed by atoms with E-state index in [1.807, 2.05) is 4.57 Å². The topological polar surface area (TPSA) is 69.0 Å². The third-order valence-electron chi connectivity index (χ3n) is 4.24. The van der Waals surface area contributed by atoms with Gasteiger partial charge in [-0.2, -0.15) is 0 Å². The number of anilines is 1. The number of thioether (sulfide) groups is 1. The van der Waals surface area contributed by atoms with Crippen LogP contribution in [0.5, 0.6) is 5.75 Å². The molecule has 168 valence electrons. The van der Waals surface area contributed by atoms with Gasteiger partial charge in [0.15, 0.2) is 5.16 Å². The normalized spacial score (nSPS) is 10.7. The number of benzene rings is 2. The highest BCUT2D eigenvalue weighted by molar-refractivity contribution is 7.99. The number of hydrogen-bond donors (Lipinski definition) is 1. The fourth-order valence-corrected chi connectivity index (χ4v) is 4.24. The molecule has 0 saturated heterocycles. The van der Waals surface area contributed by atoms with Crippen LogP contribution in [0.2, 0.25) is 15.1 Å². The molecule has 0 saturated carbocycles. The van der Waals surface area contributed by atoms with E-state index in [4.69, 9.17) is 39.5 Å². The summed E-state index contributed by atoms with van der Waals surface area (Å²) in [6, 6.07) is 12.1. The minimum absolute atomic E-state index is 0.153. The summed E-state index contributed by atoms with van der Waals surface area (Å²) in [6.45, 7) is 4.81. The highest BCUT2D eigenvalue weighted by Gasteiger charge is 2.14. The van der Waals surface area contributed by atoms with Gasteiger partial charge in [0, 0.05) is 28.7 Å². The van der Waals surface area contributed by atoms with Crippen LogP contribution in [0.25, 0.3) is 0 Å². The molecule has 0 bridgehead atoms. The van der Waals surface area contributed by atoms with Crippen LogP contribution in [0.15, 0.2) is 60.3 Å². The average molecular weight is 512 g/mol. The largest absolute Gasteiger partial charge is 0.492 e. The summed E-state index contributed by atoms with van der Waals surface area (Å²) >= 11 is 19.3. The third-order valence-corrected chi connectivity index (χ3v) is 5.97. The van der Waals surface area contributed by atoms with Crippen molar-refractivity contribution in [1.82, 2.24) is 14.8 Å². The van der Waals surface area contributed by atoms with Crippen LogP contribution in [0.4, 0.5) is 5.69 Å².